The van der Waals surface area contributed by atoms with Gasteiger partial charge in [0.15, 0.2) is 0 Å². The van der Waals surface area contributed by atoms with Gasteiger partial charge in [0.1, 0.15) is 11.7 Å². The third kappa shape index (κ3) is 3.73. The Labute approximate surface area is 186 Å². The Bertz CT molecular complexity index is 1190. The van der Waals surface area contributed by atoms with Crippen LogP contribution in [0.1, 0.15) is 30.9 Å². The van der Waals surface area contributed by atoms with Crippen molar-refractivity contribution in [2.75, 3.05) is 7.11 Å². The van der Waals surface area contributed by atoms with Crippen LogP contribution in [0.25, 0.3) is 10.8 Å². The molecule has 0 bridgehead atoms. The summed E-state index contributed by atoms with van der Waals surface area (Å²) in [7, 11) is 1.31. The van der Waals surface area contributed by atoms with E-state index in [2.05, 4.69) is 5.32 Å². The monoisotopic (exact) mass is 431 g/mol. The number of hydrogen-bond donors (Lipinski definition) is 1. The number of carbonyl (C=O) groups excluding carboxylic acids is 3. The van der Waals surface area contributed by atoms with Crippen LogP contribution in [0.2, 0.25) is 0 Å². The zero-order chi connectivity index (χ0) is 22.9. The van der Waals surface area contributed by atoms with Crippen molar-refractivity contribution in [1.29, 1.82) is 0 Å². The summed E-state index contributed by atoms with van der Waals surface area (Å²) in [5.41, 5.74) is 0.402. The molecule has 0 saturated carbocycles. The third-order valence-corrected chi connectivity index (χ3v) is 6.12. The second kappa shape index (κ2) is 8.46. The summed E-state index contributed by atoms with van der Waals surface area (Å²) >= 11 is 0. The largest absolute Gasteiger partial charge is 0.469 e. The first-order valence-corrected chi connectivity index (χ1v) is 10.5. The first-order valence-electron chi connectivity index (χ1n) is 10.5. The first-order chi connectivity index (χ1) is 15.3. The van der Waals surface area contributed by atoms with Gasteiger partial charge in [-0.05, 0) is 36.2 Å². The van der Waals surface area contributed by atoms with Crippen LogP contribution in [0.5, 0.6) is 5.75 Å². The Balaban J connectivity index is 1.82. The highest BCUT2D eigenvalue weighted by molar-refractivity contribution is 6.04. The molecule has 4 rings (SSSR count). The Kier molecular flexibility index (Phi) is 5.70. The summed E-state index contributed by atoms with van der Waals surface area (Å²) in [6, 6.07) is 20.6. The normalized spacial score (nSPS) is 17.9. The van der Waals surface area contributed by atoms with Crippen LogP contribution in [-0.4, -0.2) is 25.0 Å². The van der Waals surface area contributed by atoms with Crippen LogP contribution < -0.4 is 10.1 Å². The molecule has 0 aromatic heterocycles. The smallest absolute Gasteiger partial charge is 0.324 e. The van der Waals surface area contributed by atoms with Gasteiger partial charge in [0.2, 0.25) is 5.91 Å². The van der Waals surface area contributed by atoms with Gasteiger partial charge >= 0.3 is 11.9 Å². The maximum Gasteiger partial charge on any atom is 0.324 e. The van der Waals surface area contributed by atoms with E-state index in [-0.39, 0.29) is 6.54 Å². The lowest BCUT2D eigenvalue weighted by Gasteiger charge is -2.40. The zero-order valence-electron chi connectivity index (χ0n) is 18.3. The first kappa shape index (κ1) is 21.6. The van der Waals surface area contributed by atoms with Crippen molar-refractivity contribution in [3.63, 3.8) is 0 Å². The van der Waals surface area contributed by atoms with Gasteiger partial charge in [-0.1, -0.05) is 60.7 Å². The van der Waals surface area contributed by atoms with Crippen molar-refractivity contribution >= 4 is 28.6 Å². The Morgan fingerprint density at radius 1 is 1.00 bits per heavy atom. The number of esters is 2. The van der Waals surface area contributed by atoms with E-state index in [1.54, 1.807) is 19.9 Å². The summed E-state index contributed by atoms with van der Waals surface area (Å²) in [4.78, 5) is 39.2. The fourth-order valence-electron chi connectivity index (χ4n) is 4.48. The molecular weight excluding hydrogens is 406 g/mol. The zero-order valence-corrected chi connectivity index (χ0v) is 18.3. The molecule has 1 aliphatic rings. The maximum absolute atomic E-state index is 13.3. The molecular formula is C26H25NO5. The molecule has 6 nitrogen and oxygen atoms in total. The highest BCUT2D eigenvalue weighted by Crippen LogP contribution is 2.51. The Morgan fingerprint density at radius 3 is 2.41 bits per heavy atom. The summed E-state index contributed by atoms with van der Waals surface area (Å²) < 4.78 is 10.7. The quantitative estimate of drug-likeness (QED) is 0.376. The van der Waals surface area contributed by atoms with Crippen molar-refractivity contribution in [2.24, 2.45) is 11.3 Å². The highest BCUT2D eigenvalue weighted by Gasteiger charge is 2.53. The molecule has 1 aliphatic heterocycles. The molecule has 6 heteroatoms. The van der Waals surface area contributed by atoms with Crippen molar-refractivity contribution in [1.82, 2.24) is 5.32 Å². The van der Waals surface area contributed by atoms with Crippen molar-refractivity contribution in [2.45, 2.75) is 26.3 Å². The minimum absolute atomic E-state index is 0.261. The molecule has 0 spiro atoms. The SMILES string of the molecule is COC(=O)C(C)(C)[C@H]1c2c(ccc3ccccc23)OC(=O)[C@@H]1C(=O)NCc1ccccc1. The number of rotatable bonds is 5. The number of ether oxygens (including phenoxy) is 2. The minimum Gasteiger partial charge on any atom is -0.469 e. The fourth-order valence-corrected chi connectivity index (χ4v) is 4.48. The van der Waals surface area contributed by atoms with Gasteiger partial charge in [-0.15, -0.1) is 0 Å². The Morgan fingerprint density at radius 2 is 1.69 bits per heavy atom. The average molecular weight is 431 g/mol. The van der Waals surface area contributed by atoms with E-state index in [0.717, 1.165) is 16.3 Å². The number of fused-ring (bicyclic) bond motifs is 3. The third-order valence-electron chi connectivity index (χ3n) is 6.12. The molecule has 0 fully saturated rings. The van der Waals surface area contributed by atoms with Crippen molar-refractivity contribution in [3.8, 4) is 5.75 Å². The van der Waals surface area contributed by atoms with E-state index >= 15 is 0 Å². The van der Waals surface area contributed by atoms with Gasteiger partial charge in [-0.2, -0.15) is 0 Å². The second-order valence-corrected chi connectivity index (χ2v) is 8.49. The lowest BCUT2D eigenvalue weighted by Crippen LogP contribution is -2.49. The number of benzene rings is 3. The van der Waals surface area contributed by atoms with Crippen LogP contribution in [0.15, 0.2) is 66.7 Å². The van der Waals surface area contributed by atoms with Gasteiger partial charge in [0.25, 0.3) is 0 Å². The summed E-state index contributed by atoms with van der Waals surface area (Å²) in [5.74, 6) is -3.28. The van der Waals surface area contributed by atoms with E-state index in [1.165, 1.54) is 7.11 Å². The van der Waals surface area contributed by atoms with Gasteiger partial charge in [0.05, 0.1) is 12.5 Å². The topological polar surface area (TPSA) is 81.7 Å². The van der Waals surface area contributed by atoms with Crippen molar-refractivity contribution < 1.29 is 23.9 Å². The molecule has 164 valence electrons. The van der Waals surface area contributed by atoms with E-state index in [4.69, 9.17) is 9.47 Å². The molecule has 32 heavy (non-hydrogen) atoms. The predicted octanol–water partition coefficient (Wildman–Crippen LogP) is 3.97. The molecule has 3 aromatic rings. The molecule has 2 atom stereocenters. The van der Waals surface area contributed by atoms with E-state index < -0.39 is 35.1 Å². The van der Waals surface area contributed by atoms with Crippen molar-refractivity contribution in [3.05, 3.63) is 77.9 Å². The summed E-state index contributed by atoms with van der Waals surface area (Å²) in [6.07, 6.45) is 0. The van der Waals surface area contributed by atoms with E-state index in [0.29, 0.717) is 11.3 Å². The average Bonchev–Trinajstić information content (AvgIpc) is 2.81. The van der Waals surface area contributed by atoms with Gasteiger partial charge in [-0.25, -0.2) is 0 Å². The molecule has 0 aliphatic carbocycles. The van der Waals surface area contributed by atoms with Crippen LogP contribution in [-0.2, 0) is 25.7 Å². The van der Waals surface area contributed by atoms with Crippen LogP contribution in [0.3, 0.4) is 0 Å². The number of amides is 1. The standard InChI is InChI=1S/C26H25NO5/c1-26(2,25(30)31-3)22-20-18-12-8-7-11-17(18)13-14-19(20)32-24(29)21(22)23(28)27-15-16-9-5-4-6-10-16/h4-14,21-22H,15H2,1-3H3,(H,27,28)/t21-,22-/m0/s1. The number of carbonyl (C=O) groups is 3. The molecule has 0 unspecified atom stereocenters. The van der Waals surface area contributed by atoms with Gasteiger partial charge in [-0.3, -0.25) is 14.4 Å². The number of hydrogen-bond acceptors (Lipinski definition) is 5. The number of methoxy groups -OCH3 is 1. The number of nitrogens with one attached hydrogen (secondary N) is 1. The van der Waals surface area contributed by atoms with Crippen LogP contribution in [0.4, 0.5) is 0 Å². The van der Waals surface area contributed by atoms with Gasteiger partial charge < -0.3 is 14.8 Å². The predicted molar refractivity (Wildman–Crippen MR) is 120 cm³/mol. The van der Waals surface area contributed by atoms with Gasteiger partial charge in [0, 0.05) is 18.0 Å². The lowest BCUT2D eigenvalue weighted by atomic mass is 9.65. The fraction of sp³-hybridized carbons (Fsp3) is 0.269. The maximum atomic E-state index is 13.3. The molecule has 3 aromatic carbocycles. The molecule has 1 N–H and O–H groups in total. The minimum atomic E-state index is -1.20. The Hall–Kier alpha value is -3.67. The lowest BCUT2D eigenvalue weighted by molar-refractivity contribution is -0.157. The molecule has 0 radical (unpaired) electrons. The van der Waals surface area contributed by atoms with Crippen LogP contribution in [0, 0.1) is 11.3 Å². The summed E-state index contributed by atoms with van der Waals surface area (Å²) in [5, 5.41) is 4.61. The van der Waals surface area contributed by atoms with E-state index in [1.807, 2.05) is 60.7 Å². The molecule has 1 amide bonds. The second-order valence-electron chi connectivity index (χ2n) is 8.49. The molecule has 0 saturated heterocycles. The molecule has 1 heterocycles. The summed E-state index contributed by atoms with van der Waals surface area (Å²) in [6.45, 7) is 3.66. The van der Waals surface area contributed by atoms with Crippen LogP contribution >= 0.6 is 0 Å². The highest BCUT2D eigenvalue weighted by atomic mass is 16.5. The van der Waals surface area contributed by atoms with E-state index in [9.17, 15) is 14.4 Å².